The second kappa shape index (κ2) is 11.5. The molecule has 12 heteroatoms. The predicted molar refractivity (Wildman–Crippen MR) is 149 cm³/mol. The highest BCUT2D eigenvalue weighted by Crippen LogP contribution is 2.34. The van der Waals surface area contributed by atoms with Gasteiger partial charge in [-0.3, -0.25) is 14.4 Å². The summed E-state index contributed by atoms with van der Waals surface area (Å²) in [6.07, 6.45) is 0.635. The number of aromatic hydroxyl groups is 1. The van der Waals surface area contributed by atoms with Crippen LogP contribution in [0.3, 0.4) is 0 Å². The number of hydrogen-bond acceptors (Lipinski definition) is 8. The number of benzene rings is 2. The Morgan fingerprint density at radius 2 is 1.68 bits per heavy atom. The number of anilines is 3. The molecule has 0 aromatic heterocycles. The van der Waals surface area contributed by atoms with Gasteiger partial charge in [0.15, 0.2) is 5.75 Å². The summed E-state index contributed by atoms with van der Waals surface area (Å²) in [7, 11) is 3.10. The van der Waals surface area contributed by atoms with Crippen molar-refractivity contribution in [2.24, 2.45) is 0 Å². The van der Waals surface area contributed by atoms with Crippen LogP contribution in [-0.2, 0) is 4.79 Å². The van der Waals surface area contributed by atoms with Crippen LogP contribution in [0.4, 0.5) is 21.9 Å². The lowest BCUT2D eigenvalue weighted by Gasteiger charge is -2.40. The highest BCUT2D eigenvalue weighted by Gasteiger charge is 2.38. The van der Waals surface area contributed by atoms with Crippen LogP contribution in [0.1, 0.15) is 35.3 Å². The SMILES string of the molecule is CCC(Nc1c(Nc2cccc(C(=O)N3CCN(C(=O)N(C)C)C[C@@H]3C(=O)O)c2O)c(=O)c1=O)c1ccccc1. The fourth-order valence-electron chi connectivity index (χ4n) is 4.73. The molecule has 0 aliphatic carbocycles. The Labute approximate surface area is 230 Å². The van der Waals surface area contributed by atoms with E-state index < -0.39 is 34.5 Å². The van der Waals surface area contributed by atoms with Crippen LogP contribution in [-0.4, -0.2) is 82.6 Å². The third-order valence-corrected chi connectivity index (χ3v) is 6.94. The summed E-state index contributed by atoms with van der Waals surface area (Å²) in [5.41, 5.74) is -0.690. The molecule has 3 amide bonds. The largest absolute Gasteiger partial charge is 0.505 e. The molecule has 0 bridgehead atoms. The third kappa shape index (κ3) is 5.33. The summed E-state index contributed by atoms with van der Waals surface area (Å²) in [5, 5.41) is 26.6. The molecule has 12 nitrogen and oxygen atoms in total. The van der Waals surface area contributed by atoms with E-state index in [9.17, 15) is 34.2 Å². The average molecular weight is 550 g/mol. The van der Waals surface area contributed by atoms with Crippen LogP contribution < -0.4 is 21.5 Å². The molecular formula is C28H31N5O7. The molecular weight excluding hydrogens is 518 g/mol. The summed E-state index contributed by atoms with van der Waals surface area (Å²) >= 11 is 0. The number of nitrogens with zero attached hydrogens (tertiary/aromatic N) is 3. The molecule has 0 radical (unpaired) electrons. The number of piperazine rings is 1. The summed E-state index contributed by atoms with van der Waals surface area (Å²) < 4.78 is 0. The smallest absolute Gasteiger partial charge is 0.328 e. The maximum Gasteiger partial charge on any atom is 0.328 e. The van der Waals surface area contributed by atoms with Crippen LogP contribution in [0.5, 0.6) is 5.75 Å². The molecule has 0 saturated carbocycles. The van der Waals surface area contributed by atoms with Crippen molar-refractivity contribution >= 4 is 35.0 Å². The number of nitrogens with one attached hydrogen (secondary N) is 2. The van der Waals surface area contributed by atoms with Gasteiger partial charge < -0.3 is 35.5 Å². The van der Waals surface area contributed by atoms with Crippen LogP contribution in [0.25, 0.3) is 0 Å². The van der Waals surface area contributed by atoms with Crippen LogP contribution >= 0.6 is 0 Å². The lowest BCUT2D eigenvalue weighted by Crippen LogP contribution is -2.60. The molecule has 1 aliphatic heterocycles. The molecule has 210 valence electrons. The van der Waals surface area contributed by atoms with Crippen LogP contribution in [0.2, 0.25) is 0 Å². The van der Waals surface area contributed by atoms with Gasteiger partial charge in [-0.2, -0.15) is 0 Å². The molecule has 1 fully saturated rings. The zero-order valence-electron chi connectivity index (χ0n) is 22.4. The number of para-hydroxylation sites is 1. The molecule has 4 rings (SSSR count). The Bertz CT molecular complexity index is 1500. The van der Waals surface area contributed by atoms with Gasteiger partial charge in [0.1, 0.15) is 17.4 Å². The third-order valence-electron chi connectivity index (χ3n) is 6.94. The molecule has 0 spiro atoms. The number of phenols is 1. The van der Waals surface area contributed by atoms with Gasteiger partial charge in [-0.15, -0.1) is 0 Å². The average Bonchev–Trinajstić information content (AvgIpc) is 2.96. The van der Waals surface area contributed by atoms with Gasteiger partial charge in [-0.05, 0) is 24.1 Å². The molecule has 1 saturated heterocycles. The molecule has 1 unspecified atom stereocenters. The first-order valence-electron chi connectivity index (χ1n) is 12.8. The summed E-state index contributed by atoms with van der Waals surface area (Å²) in [6, 6.07) is 11.7. The standard InChI is InChI=1S/C28H31N5O7/c1-4-18(16-9-6-5-7-10-16)29-21-22(25(36)24(21)35)30-19-12-8-11-17(23(19)34)26(37)33-14-13-32(28(40)31(2)3)15-20(33)27(38)39/h5-12,18,20,29-30,34H,4,13-15H2,1-3H3,(H,38,39)/t18?,20-/m1/s1. The van der Waals surface area contributed by atoms with Crippen molar-refractivity contribution < 1.29 is 24.6 Å². The van der Waals surface area contributed by atoms with Crippen molar-refractivity contribution in [1.82, 2.24) is 14.7 Å². The van der Waals surface area contributed by atoms with Crippen molar-refractivity contribution in [2.75, 3.05) is 44.4 Å². The minimum absolute atomic E-state index is 0.00190. The summed E-state index contributed by atoms with van der Waals surface area (Å²) in [4.78, 5) is 66.4. The second-order valence-electron chi connectivity index (χ2n) is 9.73. The monoisotopic (exact) mass is 549 g/mol. The van der Waals surface area contributed by atoms with E-state index in [2.05, 4.69) is 10.6 Å². The molecule has 3 aromatic carbocycles. The Kier molecular flexibility index (Phi) is 8.08. The number of carbonyl (C=O) groups is 3. The van der Waals surface area contributed by atoms with Gasteiger partial charge in [-0.25, -0.2) is 9.59 Å². The predicted octanol–water partition coefficient (Wildman–Crippen LogP) is 2.19. The number of carbonyl (C=O) groups excluding carboxylic acids is 2. The molecule has 3 aromatic rings. The minimum Gasteiger partial charge on any atom is -0.505 e. The molecule has 4 N–H and O–H groups in total. The fourth-order valence-corrected chi connectivity index (χ4v) is 4.73. The number of hydrogen-bond donors (Lipinski definition) is 4. The Morgan fingerprint density at radius 3 is 2.30 bits per heavy atom. The number of carboxylic acid groups (broad SMARTS) is 1. The van der Waals surface area contributed by atoms with Crippen molar-refractivity contribution in [3.63, 3.8) is 0 Å². The quantitative estimate of drug-likeness (QED) is 0.244. The first-order chi connectivity index (χ1) is 19.0. The minimum atomic E-state index is -1.32. The maximum absolute atomic E-state index is 13.4. The topological polar surface area (TPSA) is 160 Å². The van der Waals surface area contributed by atoms with Crippen molar-refractivity contribution in [3.8, 4) is 5.75 Å². The number of aliphatic carboxylic acids is 1. The molecule has 1 aliphatic rings. The highest BCUT2D eigenvalue weighted by atomic mass is 16.4. The van der Waals surface area contributed by atoms with Gasteiger partial charge in [0.2, 0.25) is 0 Å². The van der Waals surface area contributed by atoms with Gasteiger partial charge in [-0.1, -0.05) is 43.3 Å². The number of rotatable bonds is 8. The molecule has 2 atom stereocenters. The van der Waals surface area contributed by atoms with Gasteiger partial charge in [0.25, 0.3) is 16.8 Å². The van der Waals surface area contributed by atoms with E-state index in [1.165, 1.54) is 28.0 Å². The number of carboxylic acids is 1. The molecule has 40 heavy (non-hydrogen) atoms. The number of phenolic OH excluding ortho intramolecular Hbond substituents is 1. The Morgan fingerprint density at radius 1 is 1.00 bits per heavy atom. The Balaban J connectivity index is 1.57. The second-order valence-corrected chi connectivity index (χ2v) is 9.73. The van der Waals surface area contributed by atoms with Crippen molar-refractivity contribution in [1.29, 1.82) is 0 Å². The van der Waals surface area contributed by atoms with Crippen molar-refractivity contribution in [2.45, 2.75) is 25.4 Å². The van der Waals surface area contributed by atoms with Crippen LogP contribution in [0.15, 0.2) is 58.1 Å². The first kappa shape index (κ1) is 28.1. The maximum atomic E-state index is 13.4. The lowest BCUT2D eigenvalue weighted by atomic mass is 10.0. The van der Waals surface area contributed by atoms with E-state index in [-0.39, 0.29) is 54.3 Å². The van der Waals surface area contributed by atoms with Crippen molar-refractivity contribution in [3.05, 3.63) is 80.1 Å². The molecule has 1 heterocycles. The number of urea groups is 1. The first-order valence-corrected chi connectivity index (χ1v) is 12.8. The van der Waals surface area contributed by atoms with E-state index in [0.717, 1.165) is 10.5 Å². The van der Waals surface area contributed by atoms with E-state index >= 15 is 0 Å². The summed E-state index contributed by atoms with van der Waals surface area (Å²) in [6.45, 7) is 1.78. The lowest BCUT2D eigenvalue weighted by molar-refractivity contribution is -0.144. The van der Waals surface area contributed by atoms with Gasteiger partial charge in [0, 0.05) is 27.2 Å². The van der Waals surface area contributed by atoms with Gasteiger partial charge in [0.05, 0.1) is 23.8 Å². The number of amides is 3. The highest BCUT2D eigenvalue weighted by molar-refractivity contribution is 6.01. The Hall–Kier alpha value is -4.87. The zero-order chi connectivity index (χ0) is 29.1. The van der Waals surface area contributed by atoms with Gasteiger partial charge >= 0.3 is 12.0 Å². The van der Waals surface area contributed by atoms with E-state index in [1.54, 1.807) is 14.1 Å². The summed E-state index contributed by atoms with van der Waals surface area (Å²) in [5.74, 6) is -2.54. The normalized spacial score (nSPS) is 15.9. The van der Waals surface area contributed by atoms with E-state index in [0.29, 0.717) is 6.42 Å². The van der Waals surface area contributed by atoms with E-state index in [1.807, 2.05) is 37.3 Å². The van der Waals surface area contributed by atoms with Crippen LogP contribution in [0, 0.1) is 0 Å². The fraction of sp³-hybridized carbons (Fsp3) is 0.321. The van der Waals surface area contributed by atoms with E-state index in [4.69, 9.17) is 0 Å². The zero-order valence-corrected chi connectivity index (χ0v) is 22.4.